The topological polar surface area (TPSA) is 140 Å². The molecule has 12 heteroatoms. The number of carbonyl (C=O) groups is 2. The van der Waals surface area contributed by atoms with Crippen molar-refractivity contribution in [2.45, 2.75) is 38.7 Å². The smallest absolute Gasteiger partial charge is 0.318 e. The molecule has 226 valence electrons. The average molecular weight is 647 g/mol. The van der Waals surface area contributed by atoms with Gasteiger partial charge in [-0.05, 0) is 49.8 Å². The van der Waals surface area contributed by atoms with Crippen LogP contribution in [0.2, 0.25) is 10.0 Å². The molecule has 9 nitrogen and oxygen atoms in total. The average Bonchev–Trinajstić information content (AvgIpc) is 3.39. The Morgan fingerprint density at radius 1 is 1.19 bits per heavy atom. The van der Waals surface area contributed by atoms with Crippen molar-refractivity contribution in [1.82, 2.24) is 0 Å². The second-order valence-corrected chi connectivity index (χ2v) is 12.7. The molecule has 1 heterocycles. The number of fused-ring (bicyclic) bond motifs is 2. The number of rotatable bonds is 10. The summed E-state index contributed by atoms with van der Waals surface area (Å²) in [6, 6.07) is 10.0. The minimum Gasteiger partial charge on any atom is -0.506 e. The van der Waals surface area contributed by atoms with E-state index in [2.05, 4.69) is 4.52 Å². The van der Waals surface area contributed by atoms with Crippen molar-refractivity contribution in [2.24, 2.45) is 11.8 Å². The van der Waals surface area contributed by atoms with Crippen LogP contribution >= 0.6 is 31.5 Å². The fourth-order valence-corrected chi connectivity index (χ4v) is 6.90. The van der Waals surface area contributed by atoms with Gasteiger partial charge < -0.3 is 23.7 Å². The summed E-state index contributed by atoms with van der Waals surface area (Å²) in [6.45, 7) is 1.63. The van der Waals surface area contributed by atoms with Gasteiger partial charge in [-0.3, -0.25) is 18.9 Å². The molecule has 4 atom stereocenters. The fourth-order valence-electron chi connectivity index (χ4n) is 5.92. The maximum Gasteiger partial charge on any atom is 0.318 e. The maximum atomic E-state index is 13.4. The number of carbonyl (C=O) groups excluding carboxylic acids is 2. The van der Waals surface area contributed by atoms with Gasteiger partial charge in [0.1, 0.15) is 22.1 Å². The summed E-state index contributed by atoms with van der Waals surface area (Å²) in [7, 11) is -1.41. The molecule has 0 spiro atoms. The largest absolute Gasteiger partial charge is 0.506 e. The van der Waals surface area contributed by atoms with Crippen molar-refractivity contribution >= 4 is 54.5 Å². The summed E-state index contributed by atoms with van der Waals surface area (Å²) in [4.78, 5) is 38.8. The molecule has 2 N–H and O–H groups in total. The first-order valence-corrected chi connectivity index (χ1v) is 15.6. The first-order chi connectivity index (χ1) is 20.5. The maximum absolute atomic E-state index is 13.4. The first-order valence-electron chi connectivity index (χ1n) is 13.6. The van der Waals surface area contributed by atoms with E-state index in [1.54, 1.807) is 37.3 Å². The monoisotopic (exact) mass is 646 g/mol. The predicted molar refractivity (Wildman–Crippen MR) is 164 cm³/mol. The van der Waals surface area contributed by atoms with Crippen LogP contribution in [0.1, 0.15) is 40.7 Å². The Hall–Kier alpha value is -3.04. The second-order valence-electron chi connectivity index (χ2n) is 10.7. The van der Waals surface area contributed by atoms with E-state index in [9.17, 15) is 29.2 Å². The highest BCUT2D eigenvalue weighted by molar-refractivity contribution is 7.33. The molecule has 2 aromatic carbocycles. The van der Waals surface area contributed by atoms with Gasteiger partial charge in [0.15, 0.2) is 12.0 Å². The first kappa shape index (κ1) is 31.4. The van der Waals surface area contributed by atoms with Crippen LogP contribution in [0, 0.1) is 18.8 Å². The summed E-state index contributed by atoms with van der Waals surface area (Å²) in [5, 5.41) is 21.1. The van der Waals surface area contributed by atoms with Crippen molar-refractivity contribution in [1.29, 1.82) is 0 Å². The number of aliphatic hydroxyl groups is 1. The van der Waals surface area contributed by atoms with Gasteiger partial charge in [0.25, 0.3) is 0 Å². The molecule has 2 aliphatic carbocycles. The highest BCUT2D eigenvalue weighted by Crippen LogP contribution is 2.47. The van der Waals surface area contributed by atoms with Gasteiger partial charge in [0.2, 0.25) is 5.43 Å². The van der Waals surface area contributed by atoms with E-state index in [0.717, 1.165) is 6.29 Å². The summed E-state index contributed by atoms with van der Waals surface area (Å²) < 4.78 is 27.6. The number of phenolic OH excluding ortho intramolecular Hbond substituents is 1. The van der Waals surface area contributed by atoms with Crippen molar-refractivity contribution in [2.75, 3.05) is 13.7 Å². The number of Topliss-reactive ketones (excluding diaryl/α,β-unsaturated/α-hetero) is 1. The van der Waals surface area contributed by atoms with Crippen LogP contribution in [0.4, 0.5) is 0 Å². The van der Waals surface area contributed by atoms with Gasteiger partial charge >= 0.3 is 8.25 Å². The normalized spacial score (nSPS) is 19.2. The van der Waals surface area contributed by atoms with E-state index in [1.165, 1.54) is 13.2 Å². The van der Waals surface area contributed by atoms with Gasteiger partial charge in [-0.2, -0.15) is 0 Å². The summed E-state index contributed by atoms with van der Waals surface area (Å²) >= 11 is 13.0. The highest BCUT2D eigenvalue weighted by Gasteiger charge is 2.38. The lowest BCUT2D eigenvalue weighted by Crippen LogP contribution is -2.23. The van der Waals surface area contributed by atoms with E-state index in [1.807, 2.05) is 0 Å². The quantitative estimate of drug-likeness (QED) is 0.110. The molecule has 0 amide bonds. The highest BCUT2D eigenvalue weighted by atomic mass is 35.5. The van der Waals surface area contributed by atoms with Crippen LogP contribution in [0.5, 0.6) is 5.75 Å². The van der Waals surface area contributed by atoms with Gasteiger partial charge in [-0.1, -0.05) is 47.5 Å². The Balaban J connectivity index is 1.59. The second kappa shape index (κ2) is 12.9. The zero-order valence-corrected chi connectivity index (χ0v) is 25.8. The lowest BCUT2D eigenvalue weighted by molar-refractivity contribution is -0.124. The van der Waals surface area contributed by atoms with Crippen LogP contribution in [-0.2, 0) is 24.8 Å². The van der Waals surface area contributed by atoms with Gasteiger partial charge in [0, 0.05) is 52.7 Å². The summed E-state index contributed by atoms with van der Waals surface area (Å²) in [5.74, 6) is -1.14. The molecular formula is C31H29Cl2O9P. The molecule has 4 unspecified atom stereocenters. The molecule has 1 fully saturated rings. The number of phenols is 1. The van der Waals surface area contributed by atoms with Gasteiger partial charge in [-0.25, -0.2) is 0 Å². The van der Waals surface area contributed by atoms with E-state index in [0.29, 0.717) is 39.6 Å². The molecule has 0 saturated heterocycles. The van der Waals surface area contributed by atoms with Crippen LogP contribution < -0.4 is 5.43 Å². The van der Waals surface area contributed by atoms with Crippen LogP contribution in [-0.4, -0.2) is 42.1 Å². The number of aryl methyl sites for hydroxylation is 2. The van der Waals surface area contributed by atoms with E-state index in [4.69, 9.17) is 32.1 Å². The molecule has 5 rings (SSSR count). The lowest BCUT2D eigenvalue weighted by atomic mass is 9.87. The molecule has 43 heavy (non-hydrogen) atoms. The standard InChI is InChI=1S/C31H29Cl2O9P/c1-15-28(37)24(32)12-23-26(20-6-4-3-5-17(20)13-34)22-10-16(29(38)27(33)31(22)42-30(15)23)7-8-25(36)21-11-19(35)9-18(21)14-41-43(39)40-2/h3-6,10,12-13,18-19,21,35,37,43H,7-9,11,14H2,1-2H3. The number of aromatic hydroxyl groups is 1. The molecule has 0 bridgehead atoms. The Morgan fingerprint density at radius 2 is 1.93 bits per heavy atom. The lowest BCUT2D eigenvalue weighted by Gasteiger charge is -2.20. The third-order valence-electron chi connectivity index (χ3n) is 8.10. The molecule has 0 aromatic heterocycles. The van der Waals surface area contributed by atoms with Crippen LogP contribution in [0.25, 0.3) is 33.4 Å². The number of hydrogen-bond acceptors (Lipinski definition) is 9. The summed E-state index contributed by atoms with van der Waals surface area (Å²) in [6.07, 6.45) is 0.652. The predicted octanol–water partition coefficient (Wildman–Crippen LogP) is 6.64. The van der Waals surface area contributed by atoms with Crippen LogP contribution in [0.15, 0.2) is 45.6 Å². The minimum atomic E-state index is -2.67. The zero-order chi connectivity index (χ0) is 31.0. The van der Waals surface area contributed by atoms with E-state index in [-0.39, 0.29) is 70.3 Å². The molecule has 0 radical (unpaired) electrons. The van der Waals surface area contributed by atoms with Crippen LogP contribution in [0.3, 0.4) is 0 Å². The number of benzene rings is 3. The SMILES string of the molecule is CO[PH](=O)OCC1CC(O)CC1C(=O)CCc1cc2c(-c3ccccc3C=O)c3cc(Cl)c(O)c(C)c3oc-2c(Cl)c1=O. The third kappa shape index (κ3) is 6.03. The number of halogens is 2. The number of aliphatic hydroxyl groups excluding tert-OH is 1. The molecule has 1 saturated carbocycles. The molecular weight excluding hydrogens is 618 g/mol. The van der Waals surface area contributed by atoms with Gasteiger partial charge in [0.05, 0.1) is 17.7 Å². The Morgan fingerprint density at radius 3 is 2.65 bits per heavy atom. The Bertz CT molecular complexity index is 1780. The van der Waals surface area contributed by atoms with Crippen molar-refractivity contribution in [3.8, 4) is 28.2 Å². The van der Waals surface area contributed by atoms with Gasteiger partial charge in [-0.15, -0.1) is 0 Å². The number of aldehydes is 1. The molecule has 3 aliphatic rings. The Labute approximate surface area is 257 Å². The number of ketones is 1. The molecule has 1 aliphatic heterocycles. The Kier molecular flexibility index (Phi) is 9.42. The zero-order valence-electron chi connectivity index (χ0n) is 23.3. The van der Waals surface area contributed by atoms with Crippen molar-refractivity contribution in [3.63, 3.8) is 0 Å². The van der Waals surface area contributed by atoms with Crippen molar-refractivity contribution < 1.29 is 37.8 Å². The number of hydrogen-bond donors (Lipinski definition) is 2. The van der Waals surface area contributed by atoms with E-state index < -0.39 is 25.7 Å². The minimum absolute atomic E-state index is 0.00574. The summed E-state index contributed by atoms with van der Waals surface area (Å²) in [5.41, 5.74) is 2.22. The van der Waals surface area contributed by atoms with E-state index >= 15 is 0 Å². The molecule has 2 aromatic rings. The van der Waals surface area contributed by atoms with Crippen molar-refractivity contribution in [3.05, 3.63) is 73.4 Å². The fraction of sp³-hybridized carbons (Fsp3) is 0.323. The third-order valence-corrected chi connectivity index (χ3v) is 9.46.